The molecular formula is C16H22N4S. The molecule has 0 aliphatic rings. The van der Waals surface area contributed by atoms with Crippen LogP contribution < -0.4 is 10.6 Å². The topological polar surface area (TPSA) is 47.1 Å². The molecule has 0 bridgehead atoms. The molecule has 0 radical (unpaired) electrons. The van der Waals surface area contributed by atoms with Crippen molar-refractivity contribution in [2.24, 2.45) is 5.73 Å². The van der Waals surface area contributed by atoms with E-state index in [1.807, 2.05) is 24.3 Å². The van der Waals surface area contributed by atoms with Crippen molar-refractivity contribution >= 4 is 22.9 Å². The molecule has 0 spiro atoms. The van der Waals surface area contributed by atoms with E-state index >= 15 is 0 Å². The predicted molar refractivity (Wildman–Crippen MR) is 91.7 cm³/mol. The molecule has 0 unspecified atom stereocenters. The quantitative estimate of drug-likeness (QED) is 0.834. The first-order valence-electron chi connectivity index (χ1n) is 7.21. The van der Waals surface area contributed by atoms with E-state index in [4.69, 9.17) is 18.0 Å². The average molecular weight is 302 g/mol. The molecule has 0 aliphatic heterocycles. The number of aryl methyl sites for hydroxylation is 2. The van der Waals surface area contributed by atoms with Gasteiger partial charge in [0.2, 0.25) is 0 Å². The van der Waals surface area contributed by atoms with Crippen LogP contribution in [0.5, 0.6) is 0 Å². The molecule has 1 heterocycles. The fraction of sp³-hybridized carbons (Fsp3) is 0.375. The number of aromatic nitrogens is 2. The van der Waals surface area contributed by atoms with Crippen LogP contribution in [0.4, 0.5) is 5.69 Å². The fourth-order valence-electron chi connectivity index (χ4n) is 2.30. The Morgan fingerprint density at radius 3 is 2.48 bits per heavy atom. The molecule has 0 saturated heterocycles. The smallest absolute Gasteiger partial charge is 0.103 e. The maximum Gasteiger partial charge on any atom is 0.103 e. The highest BCUT2D eigenvalue weighted by Gasteiger charge is 2.09. The maximum atomic E-state index is 5.63. The second kappa shape index (κ2) is 6.72. The van der Waals surface area contributed by atoms with Crippen LogP contribution >= 0.6 is 12.2 Å². The molecule has 0 fully saturated rings. The Labute approximate surface area is 131 Å². The number of nitrogens with two attached hydrogens (primary N) is 1. The van der Waals surface area contributed by atoms with Crippen molar-refractivity contribution in [3.8, 4) is 0 Å². The highest BCUT2D eigenvalue weighted by Crippen LogP contribution is 2.17. The molecule has 21 heavy (non-hydrogen) atoms. The number of nitrogens with zero attached hydrogens (tertiary/aromatic N) is 3. The second-order valence-corrected chi connectivity index (χ2v) is 5.50. The molecule has 1 aromatic carbocycles. The van der Waals surface area contributed by atoms with Crippen LogP contribution in [0.2, 0.25) is 0 Å². The third-order valence-corrected chi connectivity index (χ3v) is 3.80. The summed E-state index contributed by atoms with van der Waals surface area (Å²) in [5, 5.41) is 4.59. The molecule has 2 rings (SSSR count). The van der Waals surface area contributed by atoms with Gasteiger partial charge in [-0.15, -0.1) is 0 Å². The molecule has 5 heteroatoms. The van der Waals surface area contributed by atoms with Crippen molar-refractivity contribution in [1.29, 1.82) is 0 Å². The summed E-state index contributed by atoms with van der Waals surface area (Å²) >= 11 is 4.98. The molecule has 2 N–H and O–H groups in total. The van der Waals surface area contributed by atoms with Gasteiger partial charge in [-0.25, -0.2) is 0 Å². The number of benzene rings is 1. The van der Waals surface area contributed by atoms with Gasteiger partial charge in [0.25, 0.3) is 0 Å². The van der Waals surface area contributed by atoms with E-state index in [0.717, 1.165) is 36.5 Å². The Kier molecular flexibility index (Phi) is 4.96. The summed E-state index contributed by atoms with van der Waals surface area (Å²) in [6, 6.07) is 10.2. The summed E-state index contributed by atoms with van der Waals surface area (Å²) in [7, 11) is 2.08. The van der Waals surface area contributed by atoms with Gasteiger partial charge >= 0.3 is 0 Å². The minimum absolute atomic E-state index is 0.431. The lowest BCUT2D eigenvalue weighted by Gasteiger charge is -2.20. The first-order valence-corrected chi connectivity index (χ1v) is 7.62. The normalized spacial score (nSPS) is 10.6. The lowest BCUT2D eigenvalue weighted by molar-refractivity contribution is 0.610. The molecule has 0 amide bonds. The van der Waals surface area contributed by atoms with Crippen LogP contribution in [-0.4, -0.2) is 21.8 Å². The van der Waals surface area contributed by atoms with E-state index < -0.39 is 0 Å². The molecular weight excluding hydrogens is 280 g/mol. The lowest BCUT2D eigenvalue weighted by atomic mass is 10.2. The van der Waals surface area contributed by atoms with Gasteiger partial charge in [-0.05, 0) is 43.7 Å². The van der Waals surface area contributed by atoms with Crippen LogP contribution in [0.1, 0.15) is 30.8 Å². The van der Waals surface area contributed by atoms with Crippen molar-refractivity contribution in [2.45, 2.75) is 33.4 Å². The standard InChI is InChI=1S/C16H22N4S/c1-4-13-10-15(20(5-2)18-13)11-19(3)14-8-6-12(7-9-14)16(17)21/h6-10H,4-5,11H2,1-3H3,(H2,17,21). The summed E-state index contributed by atoms with van der Waals surface area (Å²) in [4.78, 5) is 2.63. The van der Waals surface area contributed by atoms with Gasteiger partial charge in [0.05, 0.1) is 17.9 Å². The third-order valence-electron chi connectivity index (χ3n) is 3.57. The van der Waals surface area contributed by atoms with Gasteiger partial charge in [0.1, 0.15) is 4.99 Å². The fourth-order valence-corrected chi connectivity index (χ4v) is 2.44. The zero-order chi connectivity index (χ0) is 15.4. The monoisotopic (exact) mass is 302 g/mol. The van der Waals surface area contributed by atoms with E-state index in [0.29, 0.717) is 4.99 Å². The van der Waals surface area contributed by atoms with Crippen molar-refractivity contribution in [1.82, 2.24) is 9.78 Å². The van der Waals surface area contributed by atoms with Gasteiger partial charge < -0.3 is 10.6 Å². The summed E-state index contributed by atoms with van der Waals surface area (Å²) < 4.78 is 2.07. The predicted octanol–water partition coefficient (Wildman–Crippen LogP) is 2.74. The lowest BCUT2D eigenvalue weighted by Crippen LogP contribution is -2.19. The summed E-state index contributed by atoms with van der Waals surface area (Å²) in [5.41, 5.74) is 10.0. The van der Waals surface area contributed by atoms with Gasteiger partial charge in [0.15, 0.2) is 0 Å². The Morgan fingerprint density at radius 2 is 1.95 bits per heavy atom. The molecule has 112 valence electrons. The van der Waals surface area contributed by atoms with Crippen LogP contribution in [0.3, 0.4) is 0 Å². The first kappa shape index (κ1) is 15.5. The van der Waals surface area contributed by atoms with Crippen molar-refractivity contribution in [3.63, 3.8) is 0 Å². The second-order valence-electron chi connectivity index (χ2n) is 5.06. The molecule has 4 nitrogen and oxygen atoms in total. The minimum atomic E-state index is 0.431. The number of rotatable bonds is 6. The number of hydrogen-bond acceptors (Lipinski definition) is 3. The van der Waals surface area contributed by atoms with E-state index in [9.17, 15) is 0 Å². The molecule has 1 aromatic heterocycles. The highest BCUT2D eigenvalue weighted by atomic mass is 32.1. The molecule has 0 saturated carbocycles. The zero-order valence-electron chi connectivity index (χ0n) is 12.8. The molecule has 2 aromatic rings. The van der Waals surface area contributed by atoms with Gasteiger partial charge in [-0.1, -0.05) is 19.1 Å². The van der Waals surface area contributed by atoms with Crippen LogP contribution in [-0.2, 0) is 19.5 Å². The number of hydrogen-bond donors (Lipinski definition) is 1. The van der Waals surface area contributed by atoms with Gasteiger partial charge in [0, 0.05) is 24.8 Å². The third kappa shape index (κ3) is 3.61. The Morgan fingerprint density at radius 1 is 1.29 bits per heavy atom. The summed E-state index contributed by atoms with van der Waals surface area (Å²) in [5.74, 6) is 0. The summed E-state index contributed by atoms with van der Waals surface area (Å²) in [6.07, 6.45) is 0.965. The van der Waals surface area contributed by atoms with Crippen LogP contribution in [0.25, 0.3) is 0 Å². The largest absolute Gasteiger partial charge is 0.389 e. The van der Waals surface area contributed by atoms with Gasteiger partial charge in [-0.2, -0.15) is 5.10 Å². The number of thiocarbonyl (C=S) groups is 1. The average Bonchev–Trinajstić information content (AvgIpc) is 2.89. The summed E-state index contributed by atoms with van der Waals surface area (Å²) in [6.45, 7) is 5.97. The SMILES string of the molecule is CCc1cc(CN(C)c2ccc(C(N)=S)cc2)n(CC)n1. The Hall–Kier alpha value is -1.88. The van der Waals surface area contributed by atoms with Crippen molar-refractivity contribution < 1.29 is 0 Å². The molecule has 0 aliphatic carbocycles. The van der Waals surface area contributed by atoms with E-state index in [2.05, 4.69) is 41.6 Å². The van der Waals surface area contributed by atoms with E-state index in [1.54, 1.807) is 0 Å². The minimum Gasteiger partial charge on any atom is -0.389 e. The van der Waals surface area contributed by atoms with E-state index in [1.165, 1.54) is 5.69 Å². The van der Waals surface area contributed by atoms with Gasteiger partial charge in [-0.3, -0.25) is 4.68 Å². The van der Waals surface area contributed by atoms with Crippen molar-refractivity contribution in [2.75, 3.05) is 11.9 Å². The first-order chi connectivity index (χ1) is 10.0. The highest BCUT2D eigenvalue weighted by molar-refractivity contribution is 7.80. The Balaban J connectivity index is 2.15. The molecule has 0 atom stereocenters. The van der Waals surface area contributed by atoms with E-state index in [-0.39, 0.29) is 0 Å². The zero-order valence-corrected chi connectivity index (χ0v) is 13.7. The number of anilines is 1. The van der Waals surface area contributed by atoms with Crippen molar-refractivity contribution in [3.05, 3.63) is 47.3 Å². The van der Waals surface area contributed by atoms with Crippen LogP contribution in [0, 0.1) is 0 Å². The van der Waals surface area contributed by atoms with Crippen LogP contribution in [0.15, 0.2) is 30.3 Å². The Bertz CT molecular complexity index is 616. The maximum absolute atomic E-state index is 5.63.